The number of likely N-dealkylation sites (N-methyl/N-ethyl adjacent to an activating group) is 1. The molecule has 0 saturated carbocycles. The van der Waals surface area contributed by atoms with Gasteiger partial charge in [-0.05, 0) is 50.2 Å². The van der Waals surface area contributed by atoms with Gasteiger partial charge in [0.1, 0.15) is 5.82 Å². The molecule has 0 spiro atoms. The summed E-state index contributed by atoms with van der Waals surface area (Å²) in [5.74, 6) is 1.03. The first-order valence-corrected chi connectivity index (χ1v) is 11.3. The number of hydrogen-bond donors (Lipinski definition) is 2. The van der Waals surface area contributed by atoms with Crippen molar-refractivity contribution in [2.24, 2.45) is 0 Å². The lowest BCUT2D eigenvalue weighted by Crippen LogP contribution is -2.44. The van der Waals surface area contributed by atoms with Crippen molar-refractivity contribution >= 4 is 33.3 Å². The van der Waals surface area contributed by atoms with E-state index in [1.54, 1.807) is 0 Å². The van der Waals surface area contributed by atoms with Gasteiger partial charge in [-0.1, -0.05) is 24.8 Å². The highest BCUT2D eigenvalue weighted by molar-refractivity contribution is 5.99. The van der Waals surface area contributed by atoms with Crippen molar-refractivity contribution in [3.63, 3.8) is 0 Å². The molecule has 2 N–H and O–H groups in total. The molecule has 5 rings (SSSR count). The third kappa shape index (κ3) is 3.85. The van der Waals surface area contributed by atoms with Gasteiger partial charge < -0.3 is 14.8 Å². The summed E-state index contributed by atoms with van der Waals surface area (Å²) in [7, 11) is 2.17. The summed E-state index contributed by atoms with van der Waals surface area (Å²) < 4.78 is 0. The van der Waals surface area contributed by atoms with Crippen LogP contribution in [0.4, 0.5) is 5.82 Å². The number of nitrogens with zero attached hydrogens (tertiary/aromatic N) is 5. The standard InChI is InChI=1S/C26H29N7/c1-5-7-17(3)19(6-2)18-14-21-24(30-31-25(21)28-16-18)23-15-20-22(29-23)8-9-27-26(20)33-12-10-32(4)11-13-33/h5-9,14-16,29H,1,10-13H2,2-4H3,(H,28,30,31)/b17-7-,19-6+. The van der Waals surface area contributed by atoms with E-state index in [1.807, 2.05) is 37.5 Å². The van der Waals surface area contributed by atoms with Crippen LogP contribution in [0.15, 0.2) is 61.0 Å². The number of pyridine rings is 2. The lowest BCUT2D eigenvalue weighted by molar-refractivity contribution is 0.312. The van der Waals surface area contributed by atoms with Crippen LogP contribution >= 0.6 is 0 Å². The van der Waals surface area contributed by atoms with Crippen LogP contribution < -0.4 is 4.90 Å². The van der Waals surface area contributed by atoms with Crippen LogP contribution in [0.2, 0.25) is 0 Å². The summed E-state index contributed by atoms with van der Waals surface area (Å²) in [5.41, 5.74) is 7.02. The Morgan fingerprint density at radius 3 is 2.70 bits per heavy atom. The topological polar surface area (TPSA) is 76.7 Å². The largest absolute Gasteiger partial charge is 0.353 e. The van der Waals surface area contributed by atoms with Crippen LogP contribution in [-0.4, -0.2) is 63.3 Å². The summed E-state index contributed by atoms with van der Waals surface area (Å²) in [6.07, 6.45) is 9.69. The van der Waals surface area contributed by atoms with Crippen molar-refractivity contribution in [1.29, 1.82) is 0 Å². The van der Waals surface area contributed by atoms with Crippen LogP contribution in [0.5, 0.6) is 0 Å². The molecule has 0 amide bonds. The van der Waals surface area contributed by atoms with Gasteiger partial charge in [0.25, 0.3) is 0 Å². The van der Waals surface area contributed by atoms with Crippen LogP contribution in [0.1, 0.15) is 19.4 Å². The Balaban J connectivity index is 1.58. The first-order chi connectivity index (χ1) is 16.1. The molecule has 4 aromatic heterocycles. The number of H-pyrrole nitrogens is 2. The molecule has 0 unspecified atom stereocenters. The smallest absolute Gasteiger partial charge is 0.181 e. The van der Waals surface area contributed by atoms with Gasteiger partial charge >= 0.3 is 0 Å². The van der Waals surface area contributed by atoms with Gasteiger partial charge in [0.2, 0.25) is 0 Å². The number of nitrogens with one attached hydrogen (secondary N) is 2. The fourth-order valence-electron chi connectivity index (χ4n) is 4.58. The minimum atomic E-state index is 0.700. The molecule has 0 atom stereocenters. The number of anilines is 1. The summed E-state index contributed by atoms with van der Waals surface area (Å²) in [6, 6.07) is 6.36. The normalized spacial score (nSPS) is 16.2. The maximum absolute atomic E-state index is 4.73. The molecule has 1 aliphatic heterocycles. The number of piperazine rings is 1. The molecule has 0 radical (unpaired) electrons. The zero-order valence-electron chi connectivity index (χ0n) is 19.4. The zero-order chi connectivity index (χ0) is 22.9. The molecule has 5 heterocycles. The summed E-state index contributed by atoms with van der Waals surface area (Å²) in [5, 5.41) is 9.77. The van der Waals surface area contributed by atoms with Crippen LogP contribution in [0.3, 0.4) is 0 Å². The maximum atomic E-state index is 4.73. The molecule has 1 fully saturated rings. The van der Waals surface area contributed by atoms with Crippen molar-refractivity contribution in [3.05, 3.63) is 66.5 Å². The van der Waals surface area contributed by atoms with Crippen LogP contribution in [0, 0.1) is 0 Å². The zero-order valence-corrected chi connectivity index (χ0v) is 19.4. The predicted molar refractivity (Wildman–Crippen MR) is 136 cm³/mol. The number of aromatic amines is 2. The molecule has 0 aromatic carbocycles. The van der Waals surface area contributed by atoms with E-state index in [0.29, 0.717) is 5.65 Å². The van der Waals surface area contributed by atoms with Crippen molar-refractivity contribution in [2.75, 3.05) is 38.1 Å². The molecule has 0 bridgehead atoms. The molecule has 33 heavy (non-hydrogen) atoms. The first-order valence-electron chi connectivity index (χ1n) is 11.3. The van der Waals surface area contributed by atoms with Crippen molar-refractivity contribution in [1.82, 2.24) is 30.0 Å². The minimum absolute atomic E-state index is 0.700. The van der Waals surface area contributed by atoms with E-state index < -0.39 is 0 Å². The van der Waals surface area contributed by atoms with Gasteiger partial charge in [0.05, 0.1) is 16.9 Å². The number of rotatable bonds is 5. The molecule has 168 valence electrons. The van der Waals surface area contributed by atoms with Crippen molar-refractivity contribution in [3.8, 4) is 11.4 Å². The Morgan fingerprint density at radius 1 is 1.12 bits per heavy atom. The molecule has 1 aliphatic rings. The first kappa shape index (κ1) is 21.2. The number of hydrogen-bond acceptors (Lipinski definition) is 5. The average Bonchev–Trinajstić information content (AvgIpc) is 3.44. The van der Waals surface area contributed by atoms with E-state index >= 15 is 0 Å². The minimum Gasteiger partial charge on any atom is -0.353 e. The fourth-order valence-corrected chi connectivity index (χ4v) is 4.58. The second-order valence-corrected chi connectivity index (χ2v) is 8.55. The number of fused-ring (bicyclic) bond motifs is 2. The quantitative estimate of drug-likeness (QED) is 0.437. The Labute approximate surface area is 193 Å². The second kappa shape index (κ2) is 8.67. The van der Waals surface area contributed by atoms with E-state index in [2.05, 4.69) is 68.7 Å². The van der Waals surface area contributed by atoms with Gasteiger partial charge in [-0.2, -0.15) is 5.10 Å². The highest BCUT2D eigenvalue weighted by atomic mass is 15.3. The number of allylic oxidation sites excluding steroid dienone is 5. The highest BCUT2D eigenvalue weighted by Gasteiger charge is 2.20. The Hall–Kier alpha value is -3.71. The lowest BCUT2D eigenvalue weighted by Gasteiger charge is -2.33. The van der Waals surface area contributed by atoms with Gasteiger partial charge in [-0.3, -0.25) is 5.10 Å². The highest BCUT2D eigenvalue weighted by Crippen LogP contribution is 2.33. The molecular formula is C26H29N7. The van der Waals surface area contributed by atoms with Crippen LogP contribution in [-0.2, 0) is 0 Å². The summed E-state index contributed by atoms with van der Waals surface area (Å²) >= 11 is 0. The van der Waals surface area contributed by atoms with E-state index in [-0.39, 0.29) is 0 Å². The SMILES string of the molecule is C=C/C=C(C)\C(=C/C)c1cnc2n[nH]c(-c3cc4c(N5CCN(C)CC5)nccc4[nH]3)c2c1. The summed E-state index contributed by atoms with van der Waals surface area (Å²) in [6.45, 7) is 12.0. The molecule has 7 heteroatoms. The Morgan fingerprint density at radius 2 is 1.94 bits per heavy atom. The van der Waals surface area contributed by atoms with Crippen molar-refractivity contribution in [2.45, 2.75) is 13.8 Å². The molecule has 0 aliphatic carbocycles. The lowest BCUT2D eigenvalue weighted by atomic mass is 9.99. The third-order valence-corrected chi connectivity index (χ3v) is 6.40. The van der Waals surface area contributed by atoms with Gasteiger partial charge in [-0.25, -0.2) is 9.97 Å². The maximum Gasteiger partial charge on any atom is 0.181 e. The van der Waals surface area contributed by atoms with Crippen molar-refractivity contribution < 1.29 is 0 Å². The van der Waals surface area contributed by atoms with E-state index in [9.17, 15) is 0 Å². The fraction of sp³-hybridized carbons (Fsp3) is 0.269. The molecule has 1 saturated heterocycles. The van der Waals surface area contributed by atoms with Crippen LogP contribution in [0.25, 0.3) is 38.9 Å². The number of aromatic nitrogens is 5. The third-order valence-electron chi connectivity index (χ3n) is 6.40. The van der Waals surface area contributed by atoms with E-state index in [1.165, 1.54) is 0 Å². The Bertz CT molecular complexity index is 1380. The molecule has 4 aromatic rings. The van der Waals surface area contributed by atoms with E-state index in [4.69, 9.17) is 4.98 Å². The van der Waals surface area contributed by atoms with Gasteiger partial charge in [0, 0.05) is 54.9 Å². The Kier molecular flexibility index (Phi) is 5.56. The molecule has 7 nitrogen and oxygen atoms in total. The summed E-state index contributed by atoms with van der Waals surface area (Å²) in [4.78, 5) is 17.6. The predicted octanol–water partition coefficient (Wildman–Crippen LogP) is 4.79. The monoisotopic (exact) mass is 439 g/mol. The molecular weight excluding hydrogens is 410 g/mol. The average molecular weight is 440 g/mol. The van der Waals surface area contributed by atoms with Gasteiger partial charge in [-0.15, -0.1) is 0 Å². The van der Waals surface area contributed by atoms with E-state index in [0.717, 1.165) is 76.4 Å². The second-order valence-electron chi connectivity index (χ2n) is 8.55. The van der Waals surface area contributed by atoms with Gasteiger partial charge in [0.15, 0.2) is 5.65 Å².